The van der Waals surface area contributed by atoms with Crippen molar-refractivity contribution in [2.75, 3.05) is 91.8 Å². The van der Waals surface area contributed by atoms with Gasteiger partial charge >= 0.3 is 17.9 Å². The number of hydrogen-bond acceptors (Lipinski definition) is 12. The monoisotopic (exact) mass is 676 g/mol. The number of carboxylic acid groups (broad SMARTS) is 3. The van der Waals surface area contributed by atoms with Gasteiger partial charge in [-0.2, -0.15) is 0 Å². The number of unbranched alkanes of at least 4 members (excludes halogenated alkanes) is 1. The molecule has 1 atom stereocenters. The SMILES string of the molecule is C=O.CC.CCCCNC(=O)C(CC(N)=O)NC(=O)CCNCN1CCN(CC(=O)O)CCN(CC(=O)O)CCN(CC(=O)O)CC1. The largest absolute Gasteiger partial charge is 0.480 e. The number of carbonyl (C=O) groups is 7. The molecule has 0 aromatic rings. The van der Waals surface area contributed by atoms with Gasteiger partial charge in [0.15, 0.2) is 0 Å². The molecule has 0 aliphatic carbocycles. The van der Waals surface area contributed by atoms with Crippen molar-refractivity contribution in [3.8, 4) is 0 Å². The first-order valence-corrected chi connectivity index (χ1v) is 15.8. The lowest BCUT2D eigenvalue weighted by atomic mass is 10.1. The van der Waals surface area contributed by atoms with Crippen molar-refractivity contribution in [1.29, 1.82) is 0 Å². The summed E-state index contributed by atoms with van der Waals surface area (Å²) in [6.45, 7) is 11.1. The van der Waals surface area contributed by atoms with Gasteiger partial charge in [-0.1, -0.05) is 27.2 Å². The maximum atomic E-state index is 12.5. The Kier molecular flexibility index (Phi) is 27.5. The number of nitrogens with one attached hydrogen (secondary N) is 3. The second kappa shape index (κ2) is 28.5. The zero-order valence-corrected chi connectivity index (χ0v) is 28.1. The van der Waals surface area contributed by atoms with E-state index in [1.807, 2.05) is 32.5 Å². The summed E-state index contributed by atoms with van der Waals surface area (Å²) in [7, 11) is 0. The lowest BCUT2D eigenvalue weighted by Crippen LogP contribution is -2.50. The van der Waals surface area contributed by atoms with Crippen molar-refractivity contribution in [2.24, 2.45) is 5.73 Å². The first-order chi connectivity index (χ1) is 22.4. The van der Waals surface area contributed by atoms with Crippen LogP contribution in [0.4, 0.5) is 0 Å². The Morgan fingerprint density at radius 2 is 1.13 bits per heavy atom. The Balaban J connectivity index is 0. The molecule has 18 heteroatoms. The number of carbonyl (C=O) groups excluding carboxylic acids is 4. The topological polar surface area (TPSA) is 255 Å². The third kappa shape index (κ3) is 25.1. The minimum Gasteiger partial charge on any atom is -0.480 e. The molecule has 272 valence electrons. The normalized spacial score (nSPS) is 16.0. The maximum absolute atomic E-state index is 12.5. The zero-order valence-electron chi connectivity index (χ0n) is 28.1. The molecule has 0 radical (unpaired) electrons. The summed E-state index contributed by atoms with van der Waals surface area (Å²) in [6.07, 6.45) is 1.32. The molecule has 18 nitrogen and oxygen atoms in total. The Hall–Kier alpha value is -3.71. The summed E-state index contributed by atoms with van der Waals surface area (Å²) in [6, 6.07) is -1.07. The number of amides is 3. The molecule has 1 rings (SSSR count). The van der Waals surface area contributed by atoms with Gasteiger partial charge in [0.1, 0.15) is 12.8 Å². The van der Waals surface area contributed by atoms with E-state index in [9.17, 15) is 44.1 Å². The third-order valence-corrected chi connectivity index (χ3v) is 6.76. The van der Waals surface area contributed by atoms with Gasteiger partial charge in [0.05, 0.1) is 26.1 Å². The van der Waals surface area contributed by atoms with Crippen molar-refractivity contribution >= 4 is 42.4 Å². The van der Waals surface area contributed by atoms with Crippen LogP contribution in [0.3, 0.4) is 0 Å². The number of primary amides is 1. The molecule has 0 aromatic carbocycles. The molecule has 0 spiro atoms. The Morgan fingerprint density at radius 1 is 0.723 bits per heavy atom. The highest BCUT2D eigenvalue weighted by Crippen LogP contribution is 2.01. The first kappa shape index (κ1) is 45.4. The number of hydrogen-bond donors (Lipinski definition) is 7. The average Bonchev–Trinajstić information content (AvgIpc) is 3.01. The molecule has 1 heterocycles. The van der Waals surface area contributed by atoms with Crippen LogP contribution in [0.5, 0.6) is 0 Å². The van der Waals surface area contributed by atoms with E-state index in [0.29, 0.717) is 65.6 Å². The molecule has 0 aromatic heterocycles. The van der Waals surface area contributed by atoms with Crippen LogP contribution >= 0.6 is 0 Å². The molecule has 1 aliphatic rings. The van der Waals surface area contributed by atoms with Gasteiger partial charge < -0.3 is 41.8 Å². The van der Waals surface area contributed by atoms with Crippen molar-refractivity contribution in [1.82, 2.24) is 35.6 Å². The predicted octanol–water partition coefficient (Wildman–Crippen LogP) is -2.48. The van der Waals surface area contributed by atoms with Gasteiger partial charge in [-0.05, 0) is 6.42 Å². The van der Waals surface area contributed by atoms with E-state index >= 15 is 0 Å². The highest BCUT2D eigenvalue weighted by atomic mass is 16.4. The lowest BCUT2D eigenvalue weighted by Gasteiger charge is -2.33. The Morgan fingerprint density at radius 3 is 1.49 bits per heavy atom. The van der Waals surface area contributed by atoms with Crippen LogP contribution in [0.1, 0.15) is 46.5 Å². The lowest BCUT2D eigenvalue weighted by molar-refractivity contribution is -0.140. The van der Waals surface area contributed by atoms with Crippen molar-refractivity contribution in [3.05, 3.63) is 0 Å². The minimum atomic E-state index is -1.07. The van der Waals surface area contributed by atoms with E-state index < -0.39 is 41.7 Å². The summed E-state index contributed by atoms with van der Waals surface area (Å²) >= 11 is 0. The second-order valence-electron chi connectivity index (χ2n) is 10.5. The van der Waals surface area contributed by atoms with Gasteiger partial charge in [-0.25, -0.2) is 0 Å². The number of rotatable bonds is 18. The molecule has 1 saturated heterocycles. The van der Waals surface area contributed by atoms with Crippen LogP contribution in [-0.4, -0.2) is 175 Å². The standard InChI is InChI=1S/C26H48N8O9.C2H6.CH2O/c1-2-3-5-29-26(43)20(15-21(27)35)30-22(36)4-6-28-19-34-13-11-32(17-24(39)40)9-7-31(16-23(37)38)8-10-33(12-14-34)18-25(41)42;2*1-2/h20,28H,2-19H2,1H3,(H2,27,35)(H,29,43)(H,30,36)(H,37,38)(H,39,40)(H,41,42);1-2H3;1H2. The summed E-state index contributed by atoms with van der Waals surface area (Å²) in [4.78, 5) is 85.5. The molecule has 1 fully saturated rings. The number of nitrogens with two attached hydrogens (primary N) is 1. The van der Waals surface area contributed by atoms with E-state index in [0.717, 1.165) is 12.8 Å². The molecule has 47 heavy (non-hydrogen) atoms. The molecule has 0 bridgehead atoms. The van der Waals surface area contributed by atoms with Crippen LogP contribution in [0.25, 0.3) is 0 Å². The summed E-state index contributed by atoms with van der Waals surface area (Å²) in [5.74, 6) is -4.66. The van der Waals surface area contributed by atoms with E-state index in [4.69, 9.17) is 10.5 Å². The van der Waals surface area contributed by atoms with Gasteiger partial charge in [-0.3, -0.25) is 48.4 Å². The zero-order chi connectivity index (χ0) is 36.2. The third-order valence-electron chi connectivity index (χ3n) is 6.76. The highest BCUT2D eigenvalue weighted by molar-refractivity contribution is 5.91. The van der Waals surface area contributed by atoms with Crippen LogP contribution in [0.15, 0.2) is 0 Å². The summed E-state index contributed by atoms with van der Waals surface area (Å²) in [5.41, 5.74) is 5.24. The van der Waals surface area contributed by atoms with E-state index in [1.165, 1.54) is 0 Å². The highest BCUT2D eigenvalue weighted by Gasteiger charge is 2.23. The van der Waals surface area contributed by atoms with Crippen LogP contribution in [0, 0.1) is 0 Å². The first-order valence-electron chi connectivity index (χ1n) is 15.8. The van der Waals surface area contributed by atoms with Crippen molar-refractivity contribution < 1.29 is 48.9 Å². The quantitative estimate of drug-likeness (QED) is 0.0742. The Bertz CT molecular complexity index is 911. The van der Waals surface area contributed by atoms with Crippen molar-refractivity contribution in [3.63, 3.8) is 0 Å². The fourth-order valence-electron chi connectivity index (χ4n) is 4.41. The fraction of sp³-hybridized carbons (Fsp3) is 0.759. The van der Waals surface area contributed by atoms with Gasteiger partial charge in [0, 0.05) is 78.5 Å². The molecule has 1 unspecified atom stereocenters. The van der Waals surface area contributed by atoms with Crippen molar-refractivity contribution in [2.45, 2.75) is 52.5 Å². The minimum absolute atomic E-state index is 0.0149. The molecular weight excluding hydrogens is 620 g/mol. The smallest absolute Gasteiger partial charge is 0.317 e. The van der Waals surface area contributed by atoms with E-state index in [2.05, 4.69) is 16.0 Å². The van der Waals surface area contributed by atoms with Crippen LogP contribution in [0.2, 0.25) is 0 Å². The van der Waals surface area contributed by atoms with E-state index in [1.54, 1.807) is 14.7 Å². The van der Waals surface area contributed by atoms with E-state index in [-0.39, 0.29) is 39.0 Å². The summed E-state index contributed by atoms with van der Waals surface area (Å²) in [5, 5.41) is 36.3. The second-order valence-corrected chi connectivity index (χ2v) is 10.5. The van der Waals surface area contributed by atoms with Gasteiger partial charge in [0.25, 0.3) is 0 Å². The maximum Gasteiger partial charge on any atom is 0.317 e. The molecule has 8 N–H and O–H groups in total. The number of carboxylic acids is 3. The van der Waals surface area contributed by atoms with Crippen LogP contribution in [-0.2, 0) is 33.6 Å². The molecule has 1 aliphatic heterocycles. The number of aliphatic carboxylic acids is 3. The van der Waals surface area contributed by atoms with Crippen LogP contribution < -0.4 is 21.7 Å². The molecule has 3 amide bonds. The fourth-order valence-corrected chi connectivity index (χ4v) is 4.41. The average molecular weight is 677 g/mol. The summed E-state index contributed by atoms with van der Waals surface area (Å²) < 4.78 is 0. The van der Waals surface area contributed by atoms with Gasteiger partial charge in [-0.15, -0.1) is 0 Å². The molecular formula is C29H56N8O10. The van der Waals surface area contributed by atoms with Gasteiger partial charge in [0.2, 0.25) is 17.7 Å². The Labute approximate surface area is 277 Å². The molecule has 0 saturated carbocycles. The number of nitrogens with zero attached hydrogens (tertiary/aromatic N) is 4. The predicted molar refractivity (Wildman–Crippen MR) is 173 cm³/mol.